The molecule has 2 rings (SSSR count). The first-order valence-electron chi connectivity index (χ1n) is 4.44. The van der Waals surface area contributed by atoms with E-state index in [1.165, 1.54) is 11.3 Å². The van der Waals surface area contributed by atoms with Gasteiger partial charge in [-0.1, -0.05) is 0 Å². The topological polar surface area (TPSA) is 55.3 Å². The summed E-state index contributed by atoms with van der Waals surface area (Å²) in [5.74, 6) is 5.03. The molecule has 1 unspecified atom stereocenters. The molecule has 0 fully saturated rings. The molecule has 2 aromatic rings. The molecule has 0 radical (unpaired) electrons. The molecule has 8 heteroatoms. The minimum absolute atomic E-state index is 0.0264. The zero-order valence-electron chi connectivity index (χ0n) is 8.03. The fourth-order valence-corrected chi connectivity index (χ4v) is 2.21. The van der Waals surface area contributed by atoms with E-state index in [4.69, 9.17) is 17.4 Å². The van der Waals surface area contributed by atoms with Crippen LogP contribution in [0.3, 0.4) is 0 Å². The van der Waals surface area contributed by atoms with Gasteiger partial charge in [-0.2, -0.15) is 8.78 Å². The number of hydrogen-bond donors (Lipinski definition) is 2. The number of rotatable bonds is 4. The number of aromatic nitrogens is 2. The zero-order valence-corrected chi connectivity index (χ0v) is 9.60. The van der Waals surface area contributed by atoms with Crippen molar-refractivity contribution in [2.24, 2.45) is 5.84 Å². The summed E-state index contributed by atoms with van der Waals surface area (Å²) >= 11 is 6.34. The van der Waals surface area contributed by atoms with E-state index in [2.05, 4.69) is 4.98 Å². The van der Waals surface area contributed by atoms with Gasteiger partial charge >= 0.3 is 5.38 Å². The Morgan fingerprint density at radius 2 is 2.44 bits per heavy atom. The molecular formula is C8H9ClF2N4S. The van der Waals surface area contributed by atoms with Gasteiger partial charge in [-0.05, 0) is 11.6 Å². The Morgan fingerprint density at radius 1 is 1.69 bits per heavy atom. The second-order valence-corrected chi connectivity index (χ2v) is 4.67. The molecule has 0 spiro atoms. The highest BCUT2D eigenvalue weighted by Gasteiger charge is 2.36. The van der Waals surface area contributed by atoms with Crippen molar-refractivity contribution in [3.8, 4) is 0 Å². The largest absolute Gasteiger partial charge is 0.338 e. The van der Waals surface area contributed by atoms with Crippen LogP contribution in [0.1, 0.15) is 5.69 Å². The van der Waals surface area contributed by atoms with E-state index in [9.17, 15) is 8.78 Å². The zero-order chi connectivity index (χ0) is 11.8. The van der Waals surface area contributed by atoms with E-state index in [1.54, 1.807) is 16.8 Å². The van der Waals surface area contributed by atoms with Gasteiger partial charge < -0.3 is 0 Å². The van der Waals surface area contributed by atoms with E-state index in [-0.39, 0.29) is 6.42 Å². The molecule has 0 saturated heterocycles. The summed E-state index contributed by atoms with van der Waals surface area (Å²) in [4.78, 5) is 4.92. The minimum atomic E-state index is -3.40. The number of nitrogens with two attached hydrogens (primary N) is 1. The molecule has 0 bridgehead atoms. The van der Waals surface area contributed by atoms with Crippen LogP contribution in [-0.2, 0) is 6.42 Å². The average molecular weight is 267 g/mol. The van der Waals surface area contributed by atoms with E-state index in [0.29, 0.717) is 5.69 Å². The van der Waals surface area contributed by atoms with Crippen molar-refractivity contribution >= 4 is 27.9 Å². The van der Waals surface area contributed by atoms with Crippen LogP contribution in [-0.4, -0.2) is 20.8 Å². The molecule has 3 N–H and O–H groups in total. The Hall–Kier alpha value is -0.760. The van der Waals surface area contributed by atoms with Gasteiger partial charge in [0.2, 0.25) is 0 Å². The number of hydrazine groups is 1. The SMILES string of the molecule is NNC(Cc1cn2ccsc2n1)C(F)(F)Cl. The molecular weight excluding hydrogens is 258 g/mol. The lowest BCUT2D eigenvalue weighted by Crippen LogP contribution is -2.47. The average Bonchev–Trinajstić information content (AvgIpc) is 2.71. The number of halogens is 3. The number of nitrogens with one attached hydrogen (secondary N) is 1. The minimum Gasteiger partial charge on any atom is -0.297 e. The fraction of sp³-hybridized carbons (Fsp3) is 0.375. The van der Waals surface area contributed by atoms with Gasteiger partial charge in [0.1, 0.15) is 6.04 Å². The number of imidazole rings is 1. The second-order valence-electron chi connectivity index (χ2n) is 3.29. The van der Waals surface area contributed by atoms with Gasteiger partial charge in [0, 0.05) is 24.2 Å². The lowest BCUT2D eigenvalue weighted by molar-refractivity contribution is 0.0499. The molecule has 0 aliphatic carbocycles. The maximum absolute atomic E-state index is 12.8. The Bertz CT molecular complexity index is 449. The van der Waals surface area contributed by atoms with Crippen LogP contribution < -0.4 is 11.3 Å². The maximum Gasteiger partial charge on any atom is 0.338 e. The first kappa shape index (κ1) is 11.7. The van der Waals surface area contributed by atoms with Crippen LogP contribution in [0.2, 0.25) is 0 Å². The fourth-order valence-electron chi connectivity index (χ4n) is 1.35. The Balaban J connectivity index is 2.17. The van der Waals surface area contributed by atoms with Crippen LogP contribution in [0.15, 0.2) is 17.8 Å². The molecule has 0 saturated carbocycles. The highest BCUT2D eigenvalue weighted by molar-refractivity contribution is 7.15. The maximum atomic E-state index is 12.8. The van der Waals surface area contributed by atoms with Crippen molar-refractivity contribution in [3.05, 3.63) is 23.5 Å². The second kappa shape index (κ2) is 4.25. The van der Waals surface area contributed by atoms with E-state index < -0.39 is 11.4 Å². The summed E-state index contributed by atoms with van der Waals surface area (Å²) in [5.41, 5.74) is 2.52. The molecule has 88 valence electrons. The van der Waals surface area contributed by atoms with Crippen LogP contribution >= 0.6 is 22.9 Å². The van der Waals surface area contributed by atoms with Gasteiger partial charge in [0.25, 0.3) is 0 Å². The third-order valence-corrected chi connectivity index (χ3v) is 3.19. The van der Waals surface area contributed by atoms with E-state index in [1.807, 2.05) is 10.8 Å². The lowest BCUT2D eigenvalue weighted by atomic mass is 10.2. The molecule has 2 heterocycles. The molecule has 0 aliphatic heterocycles. The van der Waals surface area contributed by atoms with Crippen LogP contribution in [0.4, 0.5) is 8.78 Å². The van der Waals surface area contributed by atoms with Gasteiger partial charge in [0.15, 0.2) is 4.96 Å². The number of fused-ring (bicyclic) bond motifs is 1. The third kappa shape index (κ3) is 2.32. The lowest BCUT2D eigenvalue weighted by Gasteiger charge is -2.19. The third-order valence-electron chi connectivity index (χ3n) is 2.15. The Labute approximate surface area is 99.0 Å². The van der Waals surface area contributed by atoms with Crippen molar-refractivity contribution in [3.63, 3.8) is 0 Å². The normalized spacial score (nSPS) is 14.5. The van der Waals surface area contributed by atoms with Crippen LogP contribution in [0.5, 0.6) is 0 Å². The highest BCUT2D eigenvalue weighted by Crippen LogP contribution is 2.25. The van der Waals surface area contributed by atoms with Crippen molar-refractivity contribution in [1.82, 2.24) is 14.8 Å². The summed E-state index contributed by atoms with van der Waals surface area (Å²) in [6.45, 7) is 0. The van der Waals surface area contributed by atoms with Gasteiger partial charge in [0.05, 0.1) is 5.69 Å². The number of alkyl halides is 3. The summed E-state index contributed by atoms with van der Waals surface area (Å²) < 4.78 is 27.5. The van der Waals surface area contributed by atoms with Crippen LogP contribution in [0.25, 0.3) is 4.96 Å². The highest BCUT2D eigenvalue weighted by atomic mass is 35.5. The van der Waals surface area contributed by atoms with Gasteiger partial charge in [-0.15, -0.1) is 11.3 Å². The van der Waals surface area contributed by atoms with Crippen molar-refractivity contribution in [1.29, 1.82) is 0 Å². The predicted molar refractivity (Wildman–Crippen MR) is 58.7 cm³/mol. The molecule has 16 heavy (non-hydrogen) atoms. The molecule has 0 aromatic carbocycles. The summed E-state index contributed by atoms with van der Waals surface area (Å²) in [7, 11) is 0. The van der Waals surface area contributed by atoms with Gasteiger partial charge in [-0.3, -0.25) is 10.2 Å². The first-order valence-corrected chi connectivity index (χ1v) is 5.70. The number of thiazole rings is 1. The smallest absolute Gasteiger partial charge is 0.297 e. The van der Waals surface area contributed by atoms with E-state index >= 15 is 0 Å². The van der Waals surface area contributed by atoms with Crippen molar-refractivity contribution < 1.29 is 8.78 Å². The molecule has 1 atom stereocenters. The molecule has 2 aromatic heterocycles. The number of nitrogens with zero attached hydrogens (tertiary/aromatic N) is 2. The summed E-state index contributed by atoms with van der Waals surface area (Å²) in [5, 5.41) is -1.53. The Kier molecular flexibility index (Phi) is 3.11. The molecule has 4 nitrogen and oxygen atoms in total. The number of hydrogen-bond acceptors (Lipinski definition) is 4. The van der Waals surface area contributed by atoms with Crippen molar-refractivity contribution in [2.75, 3.05) is 0 Å². The van der Waals surface area contributed by atoms with Gasteiger partial charge in [-0.25, -0.2) is 10.4 Å². The monoisotopic (exact) mass is 266 g/mol. The van der Waals surface area contributed by atoms with Crippen molar-refractivity contribution in [2.45, 2.75) is 17.8 Å². The quantitative estimate of drug-likeness (QED) is 0.502. The first-order chi connectivity index (χ1) is 7.50. The standard InChI is InChI=1S/C8H9ClF2N4S/c9-8(10,11)6(14-12)3-5-4-15-1-2-16-7(15)13-5/h1-2,4,6,14H,3,12H2. The molecule has 0 aliphatic rings. The van der Waals surface area contributed by atoms with E-state index in [0.717, 1.165) is 4.96 Å². The van der Waals surface area contributed by atoms with Crippen LogP contribution in [0, 0.1) is 0 Å². The molecule has 0 amide bonds. The predicted octanol–water partition coefficient (Wildman–Crippen LogP) is 1.60. The summed E-state index contributed by atoms with van der Waals surface area (Å²) in [6, 6.07) is -1.33. The Morgan fingerprint density at radius 3 is 3.00 bits per heavy atom. The summed E-state index contributed by atoms with van der Waals surface area (Å²) in [6.07, 6.45) is 3.46.